The zero-order valence-corrected chi connectivity index (χ0v) is 23.8. The number of allylic oxidation sites excluding steroid dienone is 2. The maximum absolute atomic E-state index is 13.5. The average molecular weight is 469 g/mol. The Hall–Kier alpha value is -0.590. The van der Waals surface area contributed by atoms with Crippen molar-refractivity contribution in [3.8, 4) is 0 Å². The third kappa shape index (κ3) is 4.18. The van der Waals surface area contributed by atoms with Gasteiger partial charge in [-0.3, -0.25) is 4.79 Å². The van der Waals surface area contributed by atoms with Gasteiger partial charge in [-0.15, -0.1) is 0 Å². The van der Waals surface area contributed by atoms with Gasteiger partial charge in [-0.05, 0) is 97.7 Å². The molecule has 0 amide bonds. The number of ketones is 1. The highest BCUT2D eigenvalue weighted by molar-refractivity contribution is 5.89. The van der Waals surface area contributed by atoms with E-state index in [2.05, 4.69) is 54.5 Å². The molecule has 0 saturated heterocycles. The smallest absolute Gasteiger partial charge is 0.143 e. The number of Topliss-reactive ketones (excluding diaryl/α,β-unsaturated/α-hetero) is 1. The SMILES string of the molecule is CCCC1(CCC)C(=O)CC[C@@]2(C)C1=CC[C@H]1[C@@H]3CC[C@H]([C@H](C)CCCC(C)C)[C@@]3(C)CC[C@@H]12. The fourth-order valence-electron chi connectivity index (χ4n) is 10.5. The molecule has 0 aliphatic heterocycles. The first-order chi connectivity index (χ1) is 16.1. The molecule has 4 aliphatic rings. The van der Waals surface area contributed by atoms with Crippen LogP contribution in [0.2, 0.25) is 0 Å². The first-order valence-corrected chi connectivity index (χ1v) is 15.4. The van der Waals surface area contributed by atoms with Crippen molar-refractivity contribution in [2.24, 2.45) is 51.8 Å². The molecule has 0 aromatic rings. The summed E-state index contributed by atoms with van der Waals surface area (Å²) in [7, 11) is 0. The van der Waals surface area contributed by atoms with E-state index in [0.29, 0.717) is 11.2 Å². The topological polar surface area (TPSA) is 17.1 Å². The molecule has 194 valence electrons. The molecular weight excluding hydrogens is 412 g/mol. The Bertz CT molecular complexity index is 755. The molecule has 1 heteroatoms. The maximum atomic E-state index is 13.5. The molecule has 0 bridgehead atoms. The summed E-state index contributed by atoms with van der Waals surface area (Å²) in [6.45, 7) is 17.2. The van der Waals surface area contributed by atoms with Gasteiger partial charge in [0.05, 0.1) is 5.41 Å². The molecule has 3 saturated carbocycles. The molecule has 7 atom stereocenters. The number of hydrogen-bond acceptors (Lipinski definition) is 1. The van der Waals surface area contributed by atoms with E-state index in [1.807, 2.05) is 0 Å². The third-order valence-electron chi connectivity index (χ3n) is 11.9. The van der Waals surface area contributed by atoms with Crippen molar-refractivity contribution in [2.75, 3.05) is 0 Å². The minimum Gasteiger partial charge on any atom is -0.299 e. The fourth-order valence-corrected chi connectivity index (χ4v) is 10.5. The van der Waals surface area contributed by atoms with Crippen molar-refractivity contribution in [3.63, 3.8) is 0 Å². The van der Waals surface area contributed by atoms with Gasteiger partial charge in [0.15, 0.2) is 0 Å². The predicted molar refractivity (Wildman–Crippen MR) is 146 cm³/mol. The molecule has 0 unspecified atom stereocenters. The second-order valence-electron chi connectivity index (χ2n) is 14.2. The average Bonchev–Trinajstić information content (AvgIpc) is 3.14. The molecule has 3 fully saturated rings. The van der Waals surface area contributed by atoms with Crippen LogP contribution in [0.5, 0.6) is 0 Å². The number of rotatable bonds is 9. The highest BCUT2D eigenvalue weighted by Gasteiger charge is 2.62. The molecule has 0 radical (unpaired) electrons. The highest BCUT2D eigenvalue weighted by atomic mass is 16.1. The van der Waals surface area contributed by atoms with Crippen molar-refractivity contribution in [3.05, 3.63) is 11.6 Å². The molecule has 0 aromatic heterocycles. The van der Waals surface area contributed by atoms with Gasteiger partial charge in [-0.1, -0.05) is 92.2 Å². The van der Waals surface area contributed by atoms with Crippen LogP contribution in [0, 0.1) is 51.8 Å². The Morgan fingerprint density at radius 2 is 1.65 bits per heavy atom. The van der Waals surface area contributed by atoms with Gasteiger partial charge in [0.25, 0.3) is 0 Å². The summed E-state index contributed by atoms with van der Waals surface area (Å²) < 4.78 is 0. The van der Waals surface area contributed by atoms with E-state index in [0.717, 1.165) is 74.0 Å². The van der Waals surface area contributed by atoms with E-state index >= 15 is 0 Å². The van der Waals surface area contributed by atoms with Gasteiger partial charge in [0.1, 0.15) is 5.78 Å². The lowest BCUT2D eigenvalue weighted by Crippen LogP contribution is -2.55. The van der Waals surface area contributed by atoms with E-state index < -0.39 is 0 Å². The first kappa shape index (κ1) is 26.5. The molecule has 4 rings (SSSR count). The third-order valence-corrected chi connectivity index (χ3v) is 11.9. The Kier molecular flexibility index (Phi) is 7.82. The minimum atomic E-state index is -0.134. The number of carbonyl (C=O) groups excluding carboxylic acids is 1. The minimum absolute atomic E-state index is 0.134. The van der Waals surface area contributed by atoms with Crippen LogP contribution in [0.15, 0.2) is 11.6 Å². The second-order valence-corrected chi connectivity index (χ2v) is 14.2. The van der Waals surface area contributed by atoms with Crippen LogP contribution in [-0.2, 0) is 4.79 Å². The lowest BCUT2D eigenvalue weighted by molar-refractivity contribution is -0.135. The van der Waals surface area contributed by atoms with Gasteiger partial charge in [-0.25, -0.2) is 0 Å². The van der Waals surface area contributed by atoms with Gasteiger partial charge in [-0.2, -0.15) is 0 Å². The summed E-state index contributed by atoms with van der Waals surface area (Å²) in [6.07, 6.45) is 20.3. The van der Waals surface area contributed by atoms with Crippen molar-refractivity contribution < 1.29 is 4.79 Å². The molecule has 1 nitrogen and oxygen atoms in total. The van der Waals surface area contributed by atoms with Gasteiger partial charge in [0.2, 0.25) is 0 Å². The summed E-state index contributed by atoms with van der Waals surface area (Å²) >= 11 is 0. The summed E-state index contributed by atoms with van der Waals surface area (Å²) in [5.74, 6) is 5.79. The van der Waals surface area contributed by atoms with Crippen molar-refractivity contribution >= 4 is 5.78 Å². The highest BCUT2D eigenvalue weighted by Crippen LogP contribution is 2.69. The van der Waals surface area contributed by atoms with E-state index in [9.17, 15) is 4.79 Å². The maximum Gasteiger partial charge on any atom is 0.143 e. The summed E-state index contributed by atoms with van der Waals surface area (Å²) in [5.41, 5.74) is 2.30. The van der Waals surface area contributed by atoms with Crippen LogP contribution in [0.3, 0.4) is 0 Å². The molecule has 0 spiro atoms. The molecule has 34 heavy (non-hydrogen) atoms. The van der Waals surface area contributed by atoms with Crippen LogP contribution in [0.1, 0.15) is 138 Å². The first-order valence-electron chi connectivity index (χ1n) is 15.4. The molecular formula is C33H56O. The van der Waals surface area contributed by atoms with Crippen LogP contribution in [-0.4, -0.2) is 5.78 Å². The van der Waals surface area contributed by atoms with E-state index in [4.69, 9.17) is 0 Å². The predicted octanol–water partition coefficient (Wildman–Crippen LogP) is 9.79. The Balaban J connectivity index is 1.59. The van der Waals surface area contributed by atoms with Crippen LogP contribution in [0.25, 0.3) is 0 Å². The number of fused-ring (bicyclic) bond motifs is 5. The van der Waals surface area contributed by atoms with Gasteiger partial charge >= 0.3 is 0 Å². The Morgan fingerprint density at radius 1 is 0.941 bits per heavy atom. The zero-order chi connectivity index (χ0) is 24.7. The Morgan fingerprint density at radius 3 is 2.29 bits per heavy atom. The van der Waals surface area contributed by atoms with Crippen LogP contribution >= 0.6 is 0 Å². The fraction of sp³-hybridized carbons (Fsp3) is 0.909. The second kappa shape index (κ2) is 10.0. The van der Waals surface area contributed by atoms with Crippen molar-refractivity contribution in [1.29, 1.82) is 0 Å². The van der Waals surface area contributed by atoms with Gasteiger partial charge in [0, 0.05) is 6.42 Å². The van der Waals surface area contributed by atoms with Crippen LogP contribution < -0.4 is 0 Å². The number of hydrogen-bond donors (Lipinski definition) is 0. The van der Waals surface area contributed by atoms with Crippen molar-refractivity contribution in [1.82, 2.24) is 0 Å². The monoisotopic (exact) mass is 468 g/mol. The Labute approximate surface area is 212 Å². The lowest BCUT2D eigenvalue weighted by atomic mass is 9.43. The summed E-state index contributed by atoms with van der Waals surface area (Å²) in [6, 6.07) is 0. The summed E-state index contributed by atoms with van der Waals surface area (Å²) in [5, 5.41) is 0. The molecule has 0 N–H and O–H groups in total. The van der Waals surface area contributed by atoms with Crippen molar-refractivity contribution in [2.45, 2.75) is 138 Å². The van der Waals surface area contributed by atoms with E-state index in [1.165, 1.54) is 51.4 Å². The van der Waals surface area contributed by atoms with Gasteiger partial charge < -0.3 is 0 Å². The molecule has 0 aromatic carbocycles. The van der Waals surface area contributed by atoms with Crippen LogP contribution in [0.4, 0.5) is 0 Å². The van der Waals surface area contributed by atoms with E-state index in [-0.39, 0.29) is 10.8 Å². The van der Waals surface area contributed by atoms with E-state index in [1.54, 1.807) is 5.57 Å². The normalized spacial score (nSPS) is 39.9. The standard InChI is InChI=1S/C33H56O/c1-8-19-33(20-9-2)29-16-13-25-27-15-14-26(24(5)12-10-11-23(3)4)31(27,6)21-17-28(25)32(29,7)22-18-30(33)34/h16,23-28H,8-15,17-22H2,1-7H3/t24-,25+,26-,27+,28+,31-,32-/m1/s1. The zero-order valence-electron chi connectivity index (χ0n) is 23.8. The quantitative estimate of drug-likeness (QED) is 0.308. The lowest BCUT2D eigenvalue weighted by Gasteiger charge is -2.61. The molecule has 4 aliphatic carbocycles. The molecule has 0 heterocycles. The largest absolute Gasteiger partial charge is 0.299 e. The summed E-state index contributed by atoms with van der Waals surface area (Å²) in [4.78, 5) is 13.5. The number of carbonyl (C=O) groups is 1.